The Bertz CT molecular complexity index is 847. The fraction of sp³-hybridized carbons (Fsp3) is 0.500. The van der Waals surface area contributed by atoms with Gasteiger partial charge in [0.15, 0.2) is 0 Å². The van der Waals surface area contributed by atoms with Crippen molar-refractivity contribution in [3.63, 3.8) is 0 Å². The number of nitrogens with one attached hydrogen (secondary N) is 2. The lowest BCUT2D eigenvalue weighted by atomic mass is 9.83. The third-order valence-electron chi connectivity index (χ3n) is 5.37. The summed E-state index contributed by atoms with van der Waals surface area (Å²) >= 11 is 0. The van der Waals surface area contributed by atoms with E-state index < -0.39 is 6.04 Å². The molecule has 6 heteroatoms. The number of rotatable bonds is 6. The predicted molar refractivity (Wildman–Crippen MR) is 108 cm³/mol. The van der Waals surface area contributed by atoms with Crippen LogP contribution in [-0.4, -0.2) is 28.3 Å². The van der Waals surface area contributed by atoms with Crippen LogP contribution in [0.15, 0.2) is 36.7 Å². The van der Waals surface area contributed by atoms with Crippen molar-refractivity contribution in [1.29, 1.82) is 5.26 Å². The van der Waals surface area contributed by atoms with Gasteiger partial charge in [0.2, 0.25) is 5.91 Å². The Morgan fingerprint density at radius 1 is 1.29 bits per heavy atom. The first-order valence-corrected chi connectivity index (χ1v) is 10.1. The summed E-state index contributed by atoms with van der Waals surface area (Å²) < 4.78 is 1.91. The van der Waals surface area contributed by atoms with Crippen LogP contribution in [0.4, 0.5) is 0 Å². The van der Waals surface area contributed by atoms with E-state index in [1.165, 1.54) is 0 Å². The Kier molecular flexibility index (Phi) is 6.35. The van der Waals surface area contributed by atoms with Crippen LogP contribution in [0.3, 0.4) is 0 Å². The summed E-state index contributed by atoms with van der Waals surface area (Å²) in [6.07, 6.45) is 7.79. The maximum atomic E-state index is 12.8. The molecule has 0 spiro atoms. The topological polar surface area (TPSA) is 86.4 Å². The minimum absolute atomic E-state index is 0.126. The molecule has 148 valence electrons. The smallest absolute Gasteiger partial charge is 0.253 e. The molecule has 2 heterocycles. The van der Waals surface area contributed by atoms with Crippen molar-refractivity contribution in [3.05, 3.63) is 42.2 Å². The van der Waals surface area contributed by atoms with Gasteiger partial charge in [-0.25, -0.2) is 0 Å². The molecule has 0 bridgehead atoms. The molecule has 0 unspecified atom stereocenters. The van der Waals surface area contributed by atoms with E-state index in [2.05, 4.69) is 16.7 Å². The first-order valence-electron chi connectivity index (χ1n) is 10.1. The molecule has 0 aromatic carbocycles. The van der Waals surface area contributed by atoms with E-state index >= 15 is 0 Å². The van der Waals surface area contributed by atoms with Gasteiger partial charge in [-0.3, -0.25) is 9.59 Å². The molecule has 1 fully saturated rings. The van der Waals surface area contributed by atoms with Crippen LogP contribution in [0.1, 0.15) is 56.3 Å². The van der Waals surface area contributed by atoms with Crippen LogP contribution in [0.2, 0.25) is 0 Å². The fourth-order valence-corrected chi connectivity index (χ4v) is 3.94. The number of carbonyl (C=O) groups excluding carboxylic acids is 2. The molecule has 6 nitrogen and oxygen atoms in total. The summed E-state index contributed by atoms with van der Waals surface area (Å²) in [5, 5.41) is 15.3. The van der Waals surface area contributed by atoms with Crippen molar-refractivity contribution < 1.29 is 9.59 Å². The molecule has 1 aliphatic carbocycles. The standard InChI is InChI=1S/C22H28N4O2/c1-15(2)11-17(13-23)24-22(28)19-8-3-4-9-20(19)25-21(27)16-12-18-7-5-6-10-26(18)14-16/h5-7,10,12,14-15,17,19-20H,3-4,8-9,11H2,1-2H3,(H,24,28)(H,25,27)/t17-,19+,20-/m0/s1. The molecule has 3 atom stereocenters. The molecular weight excluding hydrogens is 352 g/mol. The molecule has 1 aliphatic rings. The number of hydrogen-bond acceptors (Lipinski definition) is 3. The average Bonchev–Trinajstić information content (AvgIpc) is 3.12. The van der Waals surface area contributed by atoms with Crippen LogP contribution >= 0.6 is 0 Å². The zero-order chi connectivity index (χ0) is 20.1. The second-order valence-electron chi connectivity index (χ2n) is 8.05. The van der Waals surface area contributed by atoms with E-state index in [9.17, 15) is 14.9 Å². The number of nitrogens with zero attached hydrogens (tertiary/aromatic N) is 2. The van der Waals surface area contributed by atoms with Crippen LogP contribution in [0.25, 0.3) is 5.52 Å². The van der Waals surface area contributed by atoms with Crippen molar-refractivity contribution >= 4 is 17.3 Å². The Morgan fingerprint density at radius 2 is 2.07 bits per heavy atom. The molecule has 0 radical (unpaired) electrons. The molecular formula is C22H28N4O2. The van der Waals surface area contributed by atoms with Crippen molar-refractivity contribution in [2.45, 2.75) is 58.0 Å². The Morgan fingerprint density at radius 3 is 2.79 bits per heavy atom. The van der Waals surface area contributed by atoms with Crippen LogP contribution in [0.5, 0.6) is 0 Å². The summed E-state index contributed by atoms with van der Waals surface area (Å²) in [5.41, 5.74) is 1.54. The molecule has 1 saturated carbocycles. The van der Waals surface area contributed by atoms with E-state index in [0.29, 0.717) is 17.9 Å². The monoisotopic (exact) mass is 380 g/mol. The van der Waals surface area contributed by atoms with Gasteiger partial charge >= 0.3 is 0 Å². The van der Waals surface area contributed by atoms with E-state index in [0.717, 1.165) is 31.2 Å². The minimum atomic E-state index is -0.484. The van der Waals surface area contributed by atoms with Crippen LogP contribution < -0.4 is 10.6 Å². The Balaban J connectivity index is 1.67. The minimum Gasteiger partial charge on any atom is -0.348 e. The highest BCUT2D eigenvalue weighted by atomic mass is 16.2. The maximum Gasteiger partial charge on any atom is 0.253 e. The highest BCUT2D eigenvalue weighted by Gasteiger charge is 2.33. The first kappa shape index (κ1) is 19.9. The van der Waals surface area contributed by atoms with E-state index in [1.54, 1.807) is 6.20 Å². The van der Waals surface area contributed by atoms with Gasteiger partial charge in [-0.05, 0) is 43.4 Å². The maximum absolute atomic E-state index is 12.8. The van der Waals surface area contributed by atoms with Crippen LogP contribution in [-0.2, 0) is 4.79 Å². The lowest BCUT2D eigenvalue weighted by Crippen LogP contribution is -2.50. The van der Waals surface area contributed by atoms with Crippen LogP contribution in [0, 0.1) is 23.2 Å². The second-order valence-corrected chi connectivity index (χ2v) is 8.05. The number of hydrogen-bond donors (Lipinski definition) is 2. The number of amides is 2. The van der Waals surface area contributed by atoms with Gasteiger partial charge in [-0.2, -0.15) is 5.26 Å². The van der Waals surface area contributed by atoms with Crippen molar-refractivity contribution in [3.8, 4) is 6.07 Å². The zero-order valence-corrected chi connectivity index (χ0v) is 16.5. The first-order chi connectivity index (χ1) is 13.5. The summed E-state index contributed by atoms with van der Waals surface area (Å²) in [6.45, 7) is 4.06. The highest BCUT2D eigenvalue weighted by molar-refractivity contribution is 5.96. The number of nitriles is 1. The lowest BCUT2D eigenvalue weighted by molar-refractivity contribution is -0.127. The fourth-order valence-electron chi connectivity index (χ4n) is 3.94. The number of carbonyl (C=O) groups is 2. The van der Waals surface area contributed by atoms with Gasteiger partial charge in [0.05, 0.1) is 17.6 Å². The summed E-state index contributed by atoms with van der Waals surface area (Å²) in [4.78, 5) is 25.6. The largest absolute Gasteiger partial charge is 0.348 e. The quantitative estimate of drug-likeness (QED) is 0.806. The van der Waals surface area contributed by atoms with Crippen molar-refractivity contribution in [1.82, 2.24) is 15.0 Å². The highest BCUT2D eigenvalue weighted by Crippen LogP contribution is 2.25. The predicted octanol–water partition coefficient (Wildman–Crippen LogP) is 3.28. The Labute approximate surface area is 165 Å². The normalized spacial score (nSPS) is 20.5. The molecule has 2 N–H and O–H groups in total. The van der Waals surface area contributed by atoms with Gasteiger partial charge in [-0.15, -0.1) is 0 Å². The Hall–Kier alpha value is -2.81. The third-order valence-corrected chi connectivity index (χ3v) is 5.37. The van der Waals surface area contributed by atoms with Gasteiger partial charge in [0, 0.05) is 24.0 Å². The molecule has 0 aliphatic heterocycles. The summed E-state index contributed by atoms with van der Waals surface area (Å²) in [5.74, 6) is -0.250. The average molecular weight is 380 g/mol. The van der Waals surface area contributed by atoms with Gasteiger partial charge < -0.3 is 15.0 Å². The third kappa shape index (κ3) is 4.72. The summed E-state index contributed by atoms with van der Waals surface area (Å²) in [6, 6.07) is 9.13. The second kappa shape index (κ2) is 8.92. The van der Waals surface area contributed by atoms with E-state index in [4.69, 9.17) is 0 Å². The number of pyridine rings is 1. The van der Waals surface area contributed by atoms with E-state index in [1.807, 2.05) is 48.7 Å². The molecule has 28 heavy (non-hydrogen) atoms. The molecule has 0 saturated heterocycles. The van der Waals surface area contributed by atoms with Crippen molar-refractivity contribution in [2.75, 3.05) is 0 Å². The van der Waals surface area contributed by atoms with Gasteiger partial charge in [0.25, 0.3) is 5.91 Å². The van der Waals surface area contributed by atoms with Gasteiger partial charge in [0.1, 0.15) is 6.04 Å². The zero-order valence-electron chi connectivity index (χ0n) is 16.5. The van der Waals surface area contributed by atoms with Crippen molar-refractivity contribution in [2.24, 2.45) is 11.8 Å². The summed E-state index contributed by atoms with van der Waals surface area (Å²) in [7, 11) is 0. The number of aromatic nitrogens is 1. The van der Waals surface area contributed by atoms with E-state index in [-0.39, 0.29) is 23.8 Å². The molecule has 2 aromatic rings. The molecule has 3 rings (SSSR count). The number of fused-ring (bicyclic) bond motifs is 1. The SMILES string of the molecule is CC(C)C[C@@H](C#N)NC(=O)[C@@H]1CCCC[C@@H]1NC(=O)c1cc2ccccn2c1. The molecule has 2 aromatic heterocycles. The molecule has 2 amide bonds. The van der Waals surface area contributed by atoms with Gasteiger partial charge in [-0.1, -0.05) is 32.8 Å². The lowest BCUT2D eigenvalue weighted by Gasteiger charge is -2.31.